The standard InChI is InChI=1S/C16H14ClFO2/c1-10-3-6-14(11(2)19)16(7-10)20-9-12-4-5-13(18)8-15(12)17/h3-8H,9H2,1-2H3. The van der Waals surface area contributed by atoms with Crippen molar-refractivity contribution in [2.24, 2.45) is 0 Å². The fourth-order valence-corrected chi connectivity index (χ4v) is 2.06. The van der Waals surface area contributed by atoms with Crippen LogP contribution in [0.5, 0.6) is 5.75 Å². The Labute approximate surface area is 122 Å². The molecule has 0 spiro atoms. The van der Waals surface area contributed by atoms with Gasteiger partial charge in [-0.3, -0.25) is 4.79 Å². The van der Waals surface area contributed by atoms with Crippen LogP contribution in [0.3, 0.4) is 0 Å². The fraction of sp³-hybridized carbons (Fsp3) is 0.188. The molecule has 4 heteroatoms. The first-order valence-corrected chi connectivity index (χ1v) is 6.53. The number of ether oxygens (including phenoxy) is 1. The molecule has 0 atom stereocenters. The van der Waals surface area contributed by atoms with Crippen molar-refractivity contribution in [1.82, 2.24) is 0 Å². The zero-order valence-electron chi connectivity index (χ0n) is 11.2. The lowest BCUT2D eigenvalue weighted by Crippen LogP contribution is -2.02. The van der Waals surface area contributed by atoms with Crippen molar-refractivity contribution in [2.45, 2.75) is 20.5 Å². The summed E-state index contributed by atoms with van der Waals surface area (Å²) in [5, 5.41) is 0.307. The van der Waals surface area contributed by atoms with Gasteiger partial charge in [0.2, 0.25) is 0 Å². The third-order valence-corrected chi connectivity index (χ3v) is 3.27. The smallest absolute Gasteiger partial charge is 0.163 e. The van der Waals surface area contributed by atoms with E-state index in [1.54, 1.807) is 18.2 Å². The van der Waals surface area contributed by atoms with Crippen molar-refractivity contribution < 1.29 is 13.9 Å². The monoisotopic (exact) mass is 292 g/mol. The van der Waals surface area contributed by atoms with Crippen molar-refractivity contribution in [1.29, 1.82) is 0 Å². The lowest BCUT2D eigenvalue weighted by atomic mass is 10.1. The zero-order valence-corrected chi connectivity index (χ0v) is 12.0. The SMILES string of the molecule is CC(=O)c1ccc(C)cc1OCc1ccc(F)cc1Cl. The van der Waals surface area contributed by atoms with Gasteiger partial charge in [-0.05, 0) is 43.7 Å². The summed E-state index contributed by atoms with van der Waals surface area (Å²) >= 11 is 5.94. The fourth-order valence-electron chi connectivity index (χ4n) is 1.83. The lowest BCUT2D eigenvalue weighted by molar-refractivity contribution is 0.101. The van der Waals surface area contributed by atoms with Gasteiger partial charge in [-0.25, -0.2) is 4.39 Å². The van der Waals surface area contributed by atoms with E-state index in [1.165, 1.54) is 19.1 Å². The molecule has 2 aromatic rings. The second kappa shape index (κ2) is 6.06. The van der Waals surface area contributed by atoms with Crippen LogP contribution in [0.2, 0.25) is 5.02 Å². The number of aryl methyl sites for hydroxylation is 1. The molecule has 0 amide bonds. The van der Waals surface area contributed by atoms with E-state index in [-0.39, 0.29) is 12.4 Å². The van der Waals surface area contributed by atoms with E-state index >= 15 is 0 Å². The third kappa shape index (κ3) is 3.36. The molecular weight excluding hydrogens is 279 g/mol. The van der Waals surface area contributed by atoms with Crippen molar-refractivity contribution in [3.63, 3.8) is 0 Å². The number of carbonyl (C=O) groups is 1. The first kappa shape index (κ1) is 14.5. The summed E-state index contributed by atoms with van der Waals surface area (Å²) in [5.41, 5.74) is 2.19. The molecule has 2 nitrogen and oxygen atoms in total. The molecule has 20 heavy (non-hydrogen) atoms. The summed E-state index contributed by atoms with van der Waals surface area (Å²) in [7, 11) is 0. The van der Waals surface area contributed by atoms with Gasteiger partial charge in [0.25, 0.3) is 0 Å². The number of halogens is 2. The molecule has 0 N–H and O–H groups in total. The third-order valence-electron chi connectivity index (χ3n) is 2.91. The van der Waals surface area contributed by atoms with Gasteiger partial charge in [-0.15, -0.1) is 0 Å². The minimum absolute atomic E-state index is 0.0646. The largest absolute Gasteiger partial charge is 0.488 e. The van der Waals surface area contributed by atoms with Gasteiger partial charge in [-0.2, -0.15) is 0 Å². The van der Waals surface area contributed by atoms with Crippen LogP contribution in [-0.4, -0.2) is 5.78 Å². The average Bonchev–Trinajstić information content (AvgIpc) is 2.37. The molecule has 0 saturated heterocycles. The molecule has 0 radical (unpaired) electrons. The van der Waals surface area contributed by atoms with Crippen LogP contribution in [0.1, 0.15) is 28.4 Å². The Morgan fingerprint density at radius 1 is 1.25 bits per heavy atom. The molecule has 2 rings (SSSR count). The van der Waals surface area contributed by atoms with Gasteiger partial charge in [0.1, 0.15) is 18.2 Å². The molecular formula is C16H14ClFO2. The highest BCUT2D eigenvalue weighted by atomic mass is 35.5. The summed E-state index contributed by atoms with van der Waals surface area (Å²) in [6, 6.07) is 9.53. The van der Waals surface area contributed by atoms with E-state index in [9.17, 15) is 9.18 Å². The molecule has 0 aliphatic rings. The van der Waals surface area contributed by atoms with Crippen LogP contribution in [0.25, 0.3) is 0 Å². The van der Waals surface area contributed by atoms with Gasteiger partial charge >= 0.3 is 0 Å². The van der Waals surface area contributed by atoms with E-state index in [0.717, 1.165) is 5.56 Å². The number of Topliss-reactive ketones (excluding diaryl/α,β-unsaturated/α-hetero) is 1. The first-order valence-electron chi connectivity index (χ1n) is 6.15. The molecule has 104 valence electrons. The number of hydrogen-bond donors (Lipinski definition) is 0. The van der Waals surface area contributed by atoms with Crippen LogP contribution in [0.15, 0.2) is 36.4 Å². The van der Waals surface area contributed by atoms with Crippen LogP contribution in [0, 0.1) is 12.7 Å². The van der Waals surface area contributed by atoms with E-state index < -0.39 is 5.82 Å². The Morgan fingerprint density at radius 3 is 2.65 bits per heavy atom. The molecule has 0 aromatic heterocycles. The van der Waals surface area contributed by atoms with Crippen molar-refractivity contribution in [3.8, 4) is 5.75 Å². The summed E-state index contributed by atoms with van der Waals surface area (Å²) < 4.78 is 18.6. The molecule has 0 unspecified atom stereocenters. The maximum Gasteiger partial charge on any atom is 0.163 e. The van der Waals surface area contributed by atoms with Crippen LogP contribution in [-0.2, 0) is 6.61 Å². The molecule has 0 bridgehead atoms. The van der Waals surface area contributed by atoms with Crippen LogP contribution >= 0.6 is 11.6 Å². The first-order chi connectivity index (χ1) is 9.47. The van der Waals surface area contributed by atoms with Gasteiger partial charge in [0.05, 0.1) is 10.6 Å². The molecule has 2 aromatic carbocycles. The molecule has 0 saturated carbocycles. The molecule has 0 fully saturated rings. The highest BCUT2D eigenvalue weighted by molar-refractivity contribution is 6.31. The van der Waals surface area contributed by atoms with Gasteiger partial charge < -0.3 is 4.74 Å². The second-order valence-electron chi connectivity index (χ2n) is 4.58. The maximum absolute atomic E-state index is 13.0. The molecule has 0 aliphatic heterocycles. The molecule has 0 aliphatic carbocycles. The average molecular weight is 293 g/mol. The quantitative estimate of drug-likeness (QED) is 0.772. The van der Waals surface area contributed by atoms with E-state index in [2.05, 4.69) is 0 Å². The number of hydrogen-bond acceptors (Lipinski definition) is 2. The number of ketones is 1. The second-order valence-corrected chi connectivity index (χ2v) is 4.99. The maximum atomic E-state index is 13.0. The predicted octanol–water partition coefficient (Wildman–Crippen LogP) is 4.57. The topological polar surface area (TPSA) is 26.3 Å². The minimum atomic E-state index is -0.390. The Hall–Kier alpha value is -1.87. The number of rotatable bonds is 4. The van der Waals surface area contributed by atoms with Crippen LogP contribution in [0.4, 0.5) is 4.39 Å². The summed E-state index contributed by atoms with van der Waals surface area (Å²) in [5.74, 6) is 0.0572. The van der Waals surface area contributed by atoms with Crippen LogP contribution < -0.4 is 4.74 Å². The highest BCUT2D eigenvalue weighted by Gasteiger charge is 2.10. The van der Waals surface area contributed by atoms with Crippen molar-refractivity contribution in [3.05, 3.63) is 63.9 Å². The minimum Gasteiger partial charge on any atom is -0.488 e. The predicted molar refractivity (Wildman–Crippen MR) is 76.9 cm³/mol. The molecule has 0 heterocycles. The van der Waals surface area contributed by atoms with Gasteiger partial charge in [0.15, 0.2) is 5.78 Å². The van der Waals surface area contributed by atoms with E-state index in [0.29, 0.717) is 21.9 Å². The van der Waals surface area contributed by atoms with Crippen molar-refractivity contribution >= 4 is 17.4 Å². The summed E-state index contributed by atoms with van der Waals surface area (Å²) in [4.78, 5) is 11.5. The number of carbonyl (C=O) groups excluding carboxylic acids is 1. The van der Waals surface area contributed by atoms with E-state index in [1.807, 2.05) is 13.0 Å². The van der Waals surface area contributed by atoms with Gasteiger partial charge in [0, 0.05) is 5.56 Å². The summed E-state index contributed by atoms with van der Waals surface area (Å²) in [6.45, 7) is 3.59. The zero-order chi connectivity index (χ0) is 14.7. The lowest BCUT2D eigenvalue weighted by Gasteiger charge is -2.11. The normalized spacial score (nSPS) is 10.4. The summed E-state index contributed by atoms with van der Waals surface area (Å²) in [6.07, 6.45) is 0. The number of benzene rings is 2. The Bertz CT molecular complexity index is 653. The Morgan fingerprint density at radius 2 is 2.00 bits per heavy atom. The van der Waals surface area contributed by atoms with E-state index in [4.69, 9.17) is 16.3 Å². The Balaban J connectivity index is 2.22. The van der Waals surface area contributed by atoms with Crippen molar-refractivity contribution in [2.75, 3.05) is 0 Å². The Kier molecular flexibility index (Phi) is 4.40. The van der Waals surface area contributed by atoms with Gasteiger partial charge in [-0.1, -0.05) is 23.7 Å². The highest BCUT2D eigenvalue weighted by Crippen LogP contribution is 2.24.